The van der Waals surface area contributed by atoms with Gasteiger partial charge in [0.25, 0.3) is 5.91 Å². The van der Waals surface area contributed by atoms with Crippen LogP contribution in [0, 0.1) is 0 Å². The molecule has 6 nitrogen and oxygen atoms in total. The van der Waals surface area contributed by atoms with Crippen LogP contribution < -0.4 is 10.2 Å². The van der Waals surface area contributed by atoms with E-state index >= 15 is 0 Å². The molecule has 0 aliphatic carbocycles. The normalized spacial score (nSPS) is 12.6. The molecule has 0 aliphatic rings. The SMILES string of the molecule is C/C(=N/NC(=O)C(C)Oc1ccc(Cl)cc1Cl)c1cc(O)ccc1O. The minimum Gasteiger partial charge on any atom is -0.508 e. The van der Waals surface area contributed by atoms with E-state index in [1.165, 1.54) is 31.2 Å². The summed E-state index contributed by atoms with van der Waals surface area (Å²) in [4.78, 5) is 12.1. The third-order valence-electron chi connectivity index (χ3n) is 3.27. The van der Waals surface area contributed by atoms with E-state index in [-0.39, 0.29) is 16.5 Å². The number of nitrogens with one attached hydrogen (secondary N) is 1. The van der Waals surface area contributed by atoms with Crippen LogP contribution in [0.2, 0.25) is 10.0 Å². The van der Waals surface area contributed by atoms with Gasteiger partial charge in [-0.1, -0.05) is 23.2 Å². The molecule has 1 unspecified atom stereocenters. The molecular weight excluding hydrogens is 367 g/mol. The van der Waals surface area contributed by atoms with Crippen molar-refractivity contribution in [1.29, 1.82) is 0 Å². The zero-order chi connectivity index (χ0) is 18.6. The summed E-state index contributed by atoms with van der Waals surface area (Å²) >= 11 is 11.8. The van der Waals surface area contributed by atoms with Crippen molar-refractivity contribution in [3.05, 3.63) is 52.0 Å². The van der Waals surface area contributed by atoms with Crippen LogP contribution in [0.1, 0.15) is 19.4 Å². The number of amides is 1. The predicted molar refractivity (Wildman–Crippen MR) is 96.7 cm³/mol. The minimum absolute atomic E-state index is 0.0252. The Morgan fingerprint density at radius 3 is 2.60 bits per heavy atom. The number of hydrogen-bond acceptors (Lipinski definition) is 5. The van der Waals surface area contributed by atoms with E-state index in [9.17, 15) is 15.0 Å². The molecule has 25 heavy (non-hydrogen) atoms. The van der Waals surface area contributed by atoms with Crippen LogP contribution in [-0.2, 0) is 4.79 Å². The Kier molecular flexibility index (Phi) is 6.12. The molecule has 0 bridgehead atoms. The van der Waals surface area contributed by atoms with Crippen molar-refractivity contribution >= 4 is 34.8 Å². The maximum atomic E-state index is 12.1. The van der Waals surface area contributed by atoms with Crippen LogP contribution >= 0.6 is 23.2 Å². The van der Waals surface area contributed by atoms with Gasteiger partial charge in [-0.15, -0.1) is 0 Å². The monoisotopic (exact) mass is 382 g/mol. The smallest absolute Gasteiger partial charge is 0.280 e. The fourth-order valence-corrected chi connectivity index (χ4v) is 2.37. The zero-order valence-corrected chi connectivity index (χ0v) is 15.0. The van der Waals surface area contributed by atoms with E-state index in [2.05, 4.69) is 10.5 Å². The molecule has 0 saturated heterocycles. The number of phenolic OH excluding ortho intramolecular Hbond substituents is 2. The lowest BCUT2D eigenvalue weighted by Gasteiger charge is -2.14. The van der Waals surface area contributed by atoms with Crippen molar-refractivity contribution in [2.24, 2.45) is 5.10 Å². The first-order chi connectivity index (χ1) is 11.8. The molecule has 8 heteroatoms. The third-order valence-corrected chi connectivity index (χ3v) is 3.80. The first-order valence-electron chi connectivity index (χ1n) is 7.26. The van der Waals surface area contributed by atoms with Crippen LogP contribution in [0.25, 0.3) is 0 Å². The second-order valence-corrected chi connectivity index (χ2v) is 6.05. The number of halogens is 2. The Morgan fingerprint density at radius 2 is 1.92 bits per heavy atom. The van der Waals surface area contributed by atoms with Gasteiger partial charge in [-0.25, -0.2) is 5.43 Å². The second-order valence-electron chi connectivity index (χ2n) is 5.21. The number of ether oxygens (including phenoxy) is 1. The van der Waals surface area contributed by atoms with Gasteiger partial charge in [-0.05, 0) is 50.2 Å². The van der Waals surface area contributed by atoms with Crippen LogP contribution in [0.5, 0.6) is 17.2 Å². The molecule has 0 aliphatic heterocycles. The number of rotatable bonds is 5. The number of benzene rings is 2. The van der Waals surface area contributed by atoms with E-state index < -0.39 is 12.0 Å². The Hall–Kier alpha value is -2.44. The molecule has 2 aromatic carbocycles. The lowest BCUT2D eigenvalue weighted by molar-refractivity contribution is -0.127. The van der Waals surface area contributed by atoms with Gasteiger partial charge >= 0.3 is 0 Å². The largest absolute Gasteiger partial charge is 0.508 e. The zero-order valence-electron chi connectivity index (χ0n) is 13.5. The van der Waals surface area contributed by atoms with Gasteiger partial charge < -0.3 is 14.9 Å². The maximum Gasteiger partial charge on any atom is 0.280 e. The predicted octanol–water partition coefficient (Wildman–Crippen LogP) is 3.71. The molecule has 2 rings (SSSR count). The van der Waals surface area contributed by atoms with E-state index in [1.807, 2.05) is 0 Å². The highest BCUT2D eigenvalue weighted by atomic mass is 35.5. The average molecular weight is 383 g/mol. The summed E-state index contributed by atoms with van der Waals surface area (Å²) in [5.74, 6) is -0.279. The molecule has 0 saturated carbocycles. The van der Waals surface area contributed by atoms with Crippen LogP contribution in [0.4, 0.5) is 0 Å². The fraction of sp³-hybridized carbons (Fsp3) is 0.176. The van der Waals surface area contributed by atoms with Crippen molar-refractivity contribution < 1.29 is 19.7 Å². The summed E-state index contributed by atoms with van der Waals surface area (Å²) in [7, 11) is 0. The number of aromatic hydroxyl groups is 2. The number of nitrogens with zero attached hydrogens (tertiary/aromatic N) is 1. The summed E-state index contributed by atoms with van der Waals surface area (Å²) < 4.78 is 5.48. The number of carbonyl (C=O) groups is 1. The standard InChI is InChI=1S/C17H16Cl2N2O4/c1-9(13-8-12(22)4-5-15(13)23)20-21-17(24)10(2)25-16-6-3-11(18)7-14(16)19/h3-8,10,22-23H,1-2H3,(H,21,24)/b20-9-. The van der Waals surface area contributed by atoms with E-state index in [4.69, 9.17) is 27.9 Å². The summed E-state index contributed by atoms with van der Waals surface area (Å²) in [5, 5.41) is 23.9. The highest BCUT2D eigenvalue weighted by molar-refractivity contribution is 6.35. The number of phenols is 2. The molecule has 0 heterocycles. The highest BCUT2D eigenvalue weighted by Gasteiger charge is 2.16. The number of hydrazone groups is 1. The summed E-state index contributed by atoms with van der Waals surface area (Å²) in [6, 6.07) is 8.69. The molecule has 0 aromatic heterocycles. The Labute approximate surface area is 154 Å². The van der Waals surface area contributed by atoms with Crippen molar-refractivity contribution in [1.82, 2.24) is 5.43 Å². The van der Waals surface area contributed by atoms with Gasteiger partial charge in [0, 0.05) is 10.6 Å². The first kappa shape index (κ1) is 18.9. The molecule has 0 spiro atoms. The molecule has 132 valence electrons. The Bertz CT molecular complexity index is 824. The summed E-state index contributed by atoms with van der Waals surface area (Å²) in [6.07, 6.45) is -0.868. The summed E-state index contributed by atoms with van der Waals surface area (Å²) in [6.45, 7) is 3.12. The lowest BCUT2D eigenvalue weighted by atomic mass is 10.1. The van der Waals surface area contributed by atoms with E-state index in [0.717, 1.165) is 0 Å². The molecular formula is C17H16Cl2N2O4. The Balaban J connectivity index is 2.04. The van der Waals surface area contributed by atoms with Crippen molar-refractivity contribution in [2.75, 3.05) is 0 Å². The topological polar surface area (TPSA) is 91.2 Å². The second kappa shape index (κ2) is 8.09. The highest BCUT2D eigenvalue weighted by Crippen LogP contribution is 2.28. The minimum atomic E-state index is -0.868. The summed E-state index contributed by atoms with van der Waals surface area (Å²) in [5.41, 5.74) is 2.96. The molecule has 0 fully saturated rings. The van der Waals surface area contributed by atoms with Crippen LogP contribution in [0.15, 0.2) is 41.5 Å². The molecule has 1 amide bonds. The van der Waals surface area contributed by atoms with Gasteiger partial charge in [-0.2, -0.15) is 5.10 Å². The number of hydrogen-bond donors (Lipinski definition) is 3. The first-order valence-corrected chi connectivity index (χ1v) is 8.01. The molecule has 2 aromatic rings. The van der Waals surface area contributed by atoms with E-state index in [0.29, 0.717) is 22.0 Å². The van der Waals surface area contributed by atoms with Crippen LogP contribution in [-0.4, -0.2) is 27.9 Å². The van der Waals surface area contributed by atoms with Gasteiger partial charge in [0.1, 0.15) is 17.2 Å². The van der Waals surface area contributed by atoms with Gasteiger partial charge in [-0.3, -0.25) is 4.79 Å². The molecule has 1 atom stereocenters. The third kappa shape index (κ3) is 5.01. The molecule has 3 N–H and O–H groups in total. The average Bonchev–Trinajstić information content (AvgIpc) is 2.56. The lowest BCUT2D eigenvalue weighted by Crippen LogP contribution is -2.34. The number of carbonyl (C=O) groups excluding carboxylic acids is 1. The molecule has 0 radical (unpaired) electrons. The van der Waals surface area contributed by atoms with Gasteiger partial charge in [0.2, 0.25) is 0 Å². The van der Waals surface area contributed by atoms with Gasteiger partial charge in [0.15, 0.2) is 6.10 Å². The van der Waals surface area contributed by atoms with Crippen molar-refractivity contribution in [2.45, 2.75) is 20.0 Å². The maximum absolute atomic E-state index is 12.1. The Morgan fingerprint density at radius 1 is 1.20 bits per heavy atom. The van der Waals surface area contributed by atoms with Gasteiger partial charge in [0.05, 0.1) is 10.7 Å². The fourth-order valence-electron chi connectivity index (χ4n) is 1.92. The van der Waals surface area contributed by atoms with E-state index in [1.54, 1.807) is 19.1 Å². The van der Waals surface area contributed by atoms with Crippen LogP contribution in [0.3, 0.4) is 0 Å². The van der Waals surface area contributed by atoms with Crippen molar-refractivity contribution in [3.63, 3.8) is 0 Å². The van der Waals surface area contributed by atoms with Crippen molar-refractivity contribution in [3.8, 4) is 17.2 Å². The quantitative estimate of drug-likeness (QED) is 0.417.